The molecular weight excluding hydrogens is 384 g/mol. The van der Waals surface area contributed by atoms with Crippen molar-refractivity contribution in [3.05, 3.63) is 41.4 Å². The number of carbonyl (C=O) groups is 1. The molecule has 2 fully saturated rings. The maximum Gasteiger partial charge on any atom is 0.263 e. The lowest BCUT2D eigenvalue weighted by atomic mass is 10.1. The largest absolute Gasteiger partial charge is 0.481 e. The second-order valence-electron chi connectivity index (χ2n) is 7.84. The van der Waals surface area contributed by atoms with E-state index in [-0.39, 0.29) is 5.91 Å². The molecule has 1 aromatic heterocycles. The fourth-order valence-corrected chi connectivity index (χ4v) is 4.86. The van der Waals surface area contributed by atoms with E-state index in [0.717, 1.165) is 30.5 Å². The van der Waals surface area contributed by atoms with Crippen LogP contribution in [0.5, 0.6) is 5.75 Å². The first-order valence-electron chi connectivity index (χ1n) is 10.6. The van der Waals surface area contributed by atoms with Crippen molar-refractivity contribution < 1.29 is 9.53 Å². The SMILES string of the molecule is C[C@H](Oc1ccccc1)C(=O)N1CCN(c2nc(CN3CCCCC3)cs2)CC1. The van der Waals surface area contributed by atoms with Crippen molar-refractivity contribution >= 4 is 22.4 Å². The number of nitrogens with zero attached hydrogens (tertiary/aromatic N) is 4. The van der Waals surface area contributed by atoms with Gasteiger partial charge in [0.25, 0.3) is 5.91 Å². The van der Waals surface area contributed by atoms with Crippen molar-refractivity contribution in [2.24, 2.45) is 0 Å². The lowest BCUT2D eigenvalue weighted by molar-refractivity contribution is -0.138. The summed E-state index contributed by atoms with van der Waals surface area (Å²) in [6, 6.07) is 9.53. The lowest BCUT2D eigenvalue weighted by Gasteiger charge is -2.35. The van der Waals surface area contributed by atoms with Gasteiger partial charge in [0.15, 0.2) is 11.2 Å². The average Bonchev–Trinajstić information content (AvgIpc) is 3.23. The number of piperidine rings is 1. The number of thiazole rings is 1. The molecule has 2 aromatic rings. The monoisotopic (exact) mass is 414 g/mol. The highest BCUT2D eigenvalue weighted by Gasteiger charge is 2.27. The molecule has 6 nitrogen and oxygen atoms in total. The zero-order valence-corrected chi connectivity index (χ0v) is 17.9. The molecule has 3 heterocycles. The third kappa shape index (κ3) is 5.28. The van der Waals surface area contributed by atoms with Crippen LogP contribution in [0, 0.1) is 0 Å². The molecule has 2 aliphatic rings. The molecule has 29 heavy (non-hydrogen) atoms. The third-order valence-electron chi connectivity index (χ3n) is 5.64. The quantitative estimate of drug-likeness (QED) is 0.726. The van der Waals surface area contributed by atoms with Crippen LogP contribution in [-0.2, 0) is 11.3 Å². The predicted octanol–water partition coefficient (Wildman–Crippen LogP) is 3.25. The molecule has 156 valence electrons. The van der Waals surface area contributed by atoms with Gasteiger partial charge in [-0.15, -0.1) is 11.3 Å². The molecule has 0 aliphatic carbocycles. The van der Waals surface area contributed by atoms with Crippen molar-refractivity contribution in [2.75, 3.05) is 44.2 Å². The molecule has 1 amide bonds. The van der Waals surface area contributed by atoms with Gasteiger partial charge in [-0.1, -0.05) is 24.6 Å². The maximum atomic E-state index is 12.7. The van der Waals surface area contributed by atoms with E-state index >= 15 is 0 Å². The first-order chi connectivity index (χ1) is 14.2. The Morgan fingerprint density at radius 1 is 1.07 bits per heavy atom. The Morgan fingerprint density at radius 3 is 2.52 bits per heavy atom. The molecule has 2 aliphatic heterocycles. The average molecular weight is 415 g/mol. The van der Waals surface area contributed by atoms with Crippen LogP contribution in [0.4, 0.5) is 5.13 Å². The molecule has 0 bridgehead atoms. The van der Waals surface area contributed by atoms with Gasteiger partial charge in [-0.2, -0.15) is 0 Å². The number of carbonyl (C=O) groups excluding carboxylic acids is 1. The van der Waals surface area contributed by atoms with E-state index in [0.29, 0.717) is 13.1 Å². The van der Waals surface area contributed by atoms with Crippen LogP contribution in [0.2, 0.25) is 0 Å². The number of amides is 1. The van der Waals surface area contributed by atoms with Crippen LogP contribution in [0.1, 0.15) is 31.9 Å². The Balaban J connectivity index is 1.26. The minimum Gasteiger partial charge on any atom is -0.481 e. The van der Waals surface area contributed by atoms with Crippen molar-refractivity contribution in [2.45, 2.75) is 38.8 Å². The van der Waals surface area contributed by atoms with Crippen molar-refractivity contribution in [1.82, 2.24) is 14.8 Å². The van der Waals surface area contributed by atoms with Gasteiger partial charge in [0.2, 0.25) is 0 Å². The Morgan fingerprint density at radius 2 is 1.79 bits per heavy atom. The summed E-state index contributed by atoms with van der Waals surface area (Å²) < 4.78 is 5.80. The molecule has 1 atom stereocenters. The standard InChI is InChI=1S/C22H30N4O2S/c1-18(28-20-8-4-2-5-9-20)21(27)25-12-14-26(15-13-25)22-23-19(17-29-22)16-24-10-6-3-7-11-24/h2,4-5,8-9,17-18H,3,6-7,10-16H2,1H3/t18-/m0/s1. The molecule has 0 N–H and O–H groups in total. The van der Waals surface area contributed by atoms with Gasteiger partial charge >= 0.3 is 0 Å². The van der Waals surface area contributed by atoms with E-state index in [9.17, 15) is 4.79 Å². The van der Waals surface area contributed by atoms with Crippen LogP contribution in [0.25, 0.3) is 0 Å². The predicted molar refractivity (Wildman–Crippen MR) is 117 cm³/mol. The van der Waals surface area contributed by atoms with Crippen LogP contribution >= 0.6 is 11.3 Å². The van der Waals surface area contributed by atoms with E-state index in [1.807, 2.05) is 42.2 Å². The summed E-state index contributed by atoms with van der Waals surface area (Å²) in [4.78, 5) is 24.3. The number of piperazine rings is 1. The second kappa shape index (κ2) is 9.59. The minimum atomic E-state index is -0.472. The number of hydrogen-bond acceptors (Lipinski definition) is 6. The van der Waals surface area contributed by atoms with Gasteiger partial charge in [0.05, 0.1) is 5.69 Å². The summed E-state index contributed by atoms with van der Waals surface area (Å²) in [7, 11) is 0. The third-order valence-corrected chi connectivity index (χ3v) is 6.59. The smallest absolute Gasteiger partial charge is 0.263 e. The first kappa shape index (κ1) is 20.2. The molecule has 4 rings (SSSR count). The fourth-order valence-electron chi connectivity index (χ4n) is 3.99. The van der Waals surface area contributed by atoms with Gasteiger partial charge in [-0.05, 0) is 45.0 Å². The van der Waals surface area contributed by atoms with E-state index in [1.54, 1.807) is 11.3 Å². The van der Waals surface area contributed by atoms with Crippen molar-refractivity contribution in [3.8, 4) is 5.75 Å². The maximum absolute atomic E-state index is 12.7. The molecule has 0 unspecified atom stereocenters. The first-order valence-corrected chi connectivity index (χ1v) is 11.5. The summed E-state index contributed by atoms with van der Waals surface area (Å²) >= 11 is 1.72. The molecule has 2 saturated heterocycles. The number of hydrogen-bond donors (Lipinski definition) is 0. The summed E-state index contributed by atoms with van der Waals surface area (Å²) in [5.41, 5.74) is 1.18. The Hall–Kier alpha value is -2.12. The Labute approximate surface area is 177 Å². The highest BCUT2D eigenvalue weighted by Crippen LogP contribution is 2.24. The summed E-state index contributed by atoms with van der Waals surface area (Å²) in [5.74, 6) is 0.787. The zero-order valence-electron chi connectivity index (χ0n) is 17.1. The Kier molecular flexibility index (Phi) is 6.67. The number of rotatable bonds is 6. The van der Waals surface area contributed by atoms with Crippen LogP contribution in [0.3, 0.4) is 0 Å². The topological polar surface area (TPSA) is 48.9 Å². The van der Waals surface area contributed by atoms with Gasteiger partial charge < -0.3 is 14.5 Å². The van der Waals surface area contributed by atoms with E-state index in [2.05, 4.69) is 15.2 Å². The van der Waals surface area contributed by atoms with Gasteiger partial charge in [-0.25, -0.2) is 4.98 Å². The molecule has 0 saturated carbocycles. The van der Waals surface area contributed by atoms with Gasteiger partial charge in [0.1, 0.15) is 5.75 Å². The summed E-state index contributed by atoms with van der Waals surface area (Å²) in [5, 5.41) is 3.27. The Bertz CT molecular complexity index is 783. The minimum absolute atomic E-state index is 0.0541. The fraction of sp³-hybridized carbons (Fsp3) is 0.545. The number of benzene rings is 1. The van der Waals surface area contributed by atoms with Crippen LogP contribution in [0.15, 0.2) is 35.7 Å². The van der Waals surface area contributed by atoms with E-state index in [4.69, 9.17) is 9.72 Å². The molecule has 0 spiro atoms. The number of anilines is 1. The van der Waals surface area contributed by atoms with E-state index in [1.165, 1.54) is 38.0 Å². The van der Waals surface area contributed by atoms with Crippen molar-refractivity contribution in [3.63, 3.8) is 0 Å². The summed E-state index contributed by atoms with van der Waals surface area (Å²) in [6.45, 7) is 8.23. The molecular formula is C22H30N4O2S. The van der Waals surface area contributed by atoms with Crippen molar-refractivity contribution in [1.29, 1.82) is 0 Å². The number of para-hydroxylation sites is 1. The highest BCUT2D eigenvalue weighted by molar-refractivity contribution is 7.13. The van der Waals surface area contributed by atoms with E-state index < -0.39 is 6.10 Å². The number of ether oxygens (including phenoxy) is 1. The van der Waals surface area contributed by atoms with Crippen LogP contribution < -0.4 is 9.64 Å². The zero-order chi connectivity index (χ0) is 20.1. The molecule has 1 aromatic carbocycles. The normalized spacial score (nSPS) is 19.2. The molecule has 7 heteroatoms. The number of likely N-dealkylation sites (tertiary alicyclic amines) is 1. The van der Waals surface area contributed by atoms with Crippen LogP contribution in [-0.4, -0.2) is 66.1 Å². The van der Waals surface area contributed by atoms with Gasteiger partial charge in [0, 0.05) is 38.1 Å². The van der Waals surface area contributed by atoms with Gasteiger partial charge in [-0.3, -0.25) is 9.69 Å². The second-order valence-corrected chi connectivity index (χ2v) is 8.68. The number of aromatic nitrogens is 1. The molecule has 0 radical (unpaired) electrons. The highest BCUT2D eigenvalue weighted by atomic mass is 32.1. The lowest BCUT2D eigenvalue weighted by Crippen LogP contribution is -2.52. The summed E-state index contributed by atoms with van der Waals surface area (Å²) in [6.07, 6.45) is 3.50.